The van der Waals surface area contributed by atoms with E-state index >= 15 is 0 Å². The lowest BCUT2D eigenvalue weighted by molar-refractivity contribution is 0.262. The number of aryl methyl sites for hydroxylation is 2. The lowest BCUT2D eigenvalue weighted by Crippen LogP contribution is -2.19. The molecule has 0 unspecified atom stereocenters. The summed E-state index contributed by atoms with van der Waals surface area (Å²) in [5.41, 5.74) is 4.67. The molecule has 0 bridgehead atoms. The number of halogens is 1. The van der Waals surface area contributed by atoms with Crippen LogP contribution >= 0.6 is 12.4 Å². The van der Waals surface area contributed by atoms with Gasteiger partial charge < -0.3 is 15.2 Å². The summed E-state index contributed by atoms with van der Waals surface area (Å²) in [5, 5.41) is 7.81. The molecule has 2 amide bonds. The van der Waals surface area contributed by atoms with E-state index in [1.54, 1.807) is 12.3 Å². The summed E-state index contributed by atoms with van der Waals surface area (Å²) in [4.78, 5) is 16.7. The average Bonchev–Trinajstić information content (AvgIpc) is 2.89. The van der Waals surface area contributed by atoms with Crippen molar-refractivity contribution in [2.24, 2.45) is 7.05 Å². The predicted octanol–water partition coefficient (Wildman–Crippen LogP) is 5.10. The SMILES string of the molecule is Cc1cc2cc(NC(=O)Nc3ccnc4ccccc34)ccc2n1C.Cl. The zero-order valence-electron chi connectivity index (χ0n) is 14.5. The van der Waals surface area contributed by atoms with Gasteiger partial charge in [-0.05, 0) is 43.3 Å². The normalized spacial score (nSPS) is 10.5. The molecule has 4 aromatic rings. The molecule has 0 saturated carbocycles. The highest BCUT2D eigenvalue weighted by molar-refractivity contribution is 6.06. The average molecular weight is 367 g/mol. The van der Waals surface area contributed by atoms with E-state index in [0.717, 1.165) is 33.2 Å². The largest absolute Gasteiger partial charge is 0.348 e. The number of hydrogen-bond acceptors (Lipinski definition) is 2. The minimum atomic E-state index is -0.275. The van der Waals surface area contributed by atoms with Gasteiger partial charge in [-0.15, -0.1) is 12.4 Å². The van der Waals surface area contributed by atoms with Crippen LogP contribution in [0.1, 0.15) is 5.69 Å². The second kappa shape index (κ2) is 7.06. The standard InChI is InChI=1S/C20H18N4O.ClH/c1-13-11-14-12-15(7-8-19(14)24(13)2)22-20(25)23-18-9-10-21-17-6-4-3-5-16(17)18;/h3-12H,1-2H3,(H2,21,22,23,25);1H. The summed E-state index contributed by atoms with van der Waals surface area (Å²) < 4.78 is 2.13. The van der Waals surface area contributed by atoms with Crippen LogP contribution in [0.3, 0.4) is 0 Å². The highest BCUT2D eigenvalue weighted by atomic mass is 35.5. The van der Waals surface area contributed by atoms with Crippen LogP contribution in [0.25, 0.3) is 21.8 Å². The van der Waals surface area contributed by atoms with E-state index in [-0.39, 0.29) is 18.4 Å². The van der Waals surface area contributed by atoms with Gasteiger partial charge in [0, 0.05) is 40.9 Å². The van der Waals surface area contributed by atoms with Crippen LogP contribution in [0.15, 0.2) is 60.8 Å². The Balaban J connectivity index is 0.00000196. The number of benzene rings is 2. The van der Waals surface area contributed by atoms with Crippen LogP contribution in [-0.4, -0.2) is 15.6 Å². The van der Waals surface area contributed by atoms with Gasteiger partial charge in [0.15, 0.2) is 0 Å². The molecule has 0 aliphatic carbocycles. The highest BCUT2D eigenvalue weighted by Gasteiger charge is 2.08. The van der Waals surface area contributed by atoms with E-state index in [2.05, 4.69) is 33.2 Å². The second-order valence-electron chi connectivity index (χ2n) is 6.07. The first kappa shape index (κ1) is 17.8. The first-order chi connectivity index (χ1) is 12.1. The molecule has 0 aliphatic heterocycles. The van der Waals surface area contributed by atoms with Gasteiger partial charge in [-0.1, -0.05) is 18.2 Å². The molecular weight excluding hydrogens is 348 g/mol. The predicted molar refractivity (Wildman–Crippen MR) is 109 cm³/mol. The van der Waals surface area contributed by atoms with Crippen LogP contribution in [0.2, 0.25) is 0 Å². The monoisotopic (exact) mass is 366 g/mol. The summed E-state index contributed by atoms with van der Waals surface area (Å²) in [6.07, 6.45) is 1.69. The van der Waals surface area contributed by atoms with Gasteiger partial charge in [0.1, 0.15) is 0 Å². The van der Waals surface area contributed by atoms with Gasteiger partial charge in [-0.25, -0.2) is 4.79 Å². The first-order valence-corrected chi connectivity index (χ1v) is 8.10. The molecule has 0 saturated heterocycles. The van der Waals surface area contributed by atoms with E-state index in [9.17, 15) is 4.79 Å². The Labute approximate surface area is 157 Å². The Morgan fingerprint density at radius 1 is 1.04 bits per heavy atom. The van der Waals surface area contributed by atoms with Crippen molar-refractivity contribution in [3.63, 3.8) is 0 Å². The van der Waals surface area contributed by atoms with Crippen molar-refractivity contribution in [2.75, 3.05) is 10.6 Å². The topological polar surface area (TPSA) is 59.0 Å². The molecule has 2 heterocycles. The summed E-state index contributed by atoms with van der Waals surface area (Å²) in [6, 6.07) is 17.2. The summed E-state index contributed by atoms with van der Waals surface area (Å²) in [7, 11) is 2.03. The Morgan fingerprint density at radius 3 is 2.69 bits per heavy atom. The number of urea groups is 1. The molecule has 4 rings (SSSR count). The van der Waals surface area contributed by atoms with Gasteiger partial charge in [0.2, 0.25) is 0 Å². The number of amides is 2. The zero-order chi connectivity index (χ0) is 17.4. The number of nitrogens with one attached hydrogen (secondary N) is 2. The van der Waals surface area contributed by atoms with Crippen molar-refractivity contribution in [2.45, 2.75) is 6.92 Å². The fourth-order valence-electron chi connectivity index (χ4n) is 3.05. The van der Waals surface area contributed by atoms with Gasteiger partial charge in [0.05, 0.1) is 11.2 Å². The van der Waals surface area contributed by atoms with Crippen LogP contribution in [0.4, 0.5) is 16.2 Å². The molecule has 26 heavy (non-hydrogen) atoms. The smallest absolute Gasteiger partial charge is 0.323 e. The number of anilines is 2. The number of hydrogen-bond donors (Lipinski definition) is 2. The molecule has 2 N–H and O–H groups in total. The van der Waals surface area contributed by atoms with Crippen molar-refractivity contribution in [3.05, 3.63) is 66.5 Å². The van der Waals surface area contributed by atoms with E-state index in [1.165, 1.54) is 5.69 Å². The molecule has 0 aliphatic rings. The third kappa shape index (κ3) is 3.21. The quantitative estimate of drug-likeness (QED) is 0.518. The van der Waals surface area contributed by atoms with Gasteiger partial charge >= 0.3 is 6.03 Å². The Bertz CT molecular complexity index is 1100. The maximum atomic E-state index is 12.4. The number of aromatic nitrogens is 2. The number of para-hydroxylation sites is 1. The van der Waals surface area contributed by atoms with E-state index in [0.29, 0.717) is 0 Å². The lowest BCUT2D eigenvalue weighted by atomic mass is 10.2. The molecule has 0 atom stereocenters. The number of nitrogens with zero attached hydrogens (tertiary/aromatic N) is 2. The maximum Gasteiger partial charge on any atom is 0.323 e. The van der Waals surface area contributed by atoms with Crippen molar-refractivity contribution in [1.82, 2.24) is 9.55 Å². The third-order valence-electron chi connectivity index (χ3n) is 4.44. The van der Waals surface area contributed by atoms with E-state index in [1.807, 2.05) is 49.5 Å². The van der Waals surface area contributed by atoms with Crippen molar-refractivity contribution in [1.29, 1.82) is 0 Å². The first-order valence-electron chi connectivity index (χ1n) is 8.10. The van der Waals surface area contributed by atoms with E-state index in [4.69, 9.17) is 0 Å². The summed E-state index contributed by atoms with van der Waals surface area (Å²) in [5.74, 6) is 0. The van der Waals surface area contributed by atoms with Crippen molar-refractivity contribution < 1.29 is 4.79 Å². The fourth-order valence-corrected chi connectivity index (χ4v) is 3.05. The molecule has 6 heteroatoms. The number of pyridine rings is 1. The van der Waals surface area contributed by atoms with Crippen LogP contribution in [0, 0.1) is 6.92 Å². The number of carbonyl (C=O) groups is 1. The van der Waals surface area contributed by atoms with Crippen molar-refractivity contribution in [3.8, 4) is 0 Å². The Morgan fingerprint density at radius 2 is 1.85 bits per heavy atom. The van der Waals surface area contributed by atoms with E-state index < -0.39 is 0 Å². The zero-order valence-corrected chi connectivity index (χ0v) is 15.3. The number of fused-ring (bicyclic) bond motifs is 2. The molecule has 132 valence electrons. The molecule has 2 aromatic heterocycles. The summed E-state index contributed by atoms with van der Waals surface area (Å²) in [6.45, 7) is 2.06. The molecule has 0 fully saturated rings. The number of carbonyl (C=O) groups excluding carboxylic acids is 1. The Kier molecular flexibility index (Phi) is 4.82. The molecular formula is C20H19ClN4O. The minimum Gasteiger partial charge on any atom is -0.348 e. The second-order valence-corrected chi connectivity index (χ2v) is 6.07. The fraction of sp³-hybridized carbons (Fsp3) is 0.100. The minimum absolute atomic E-state index is 0. The molecule has 2 aromatic carbocycles. The molecule has 0 spiro atoms. The van der Waals surface area contributed by atoms with Gasteiger partial charge in [0.25, 0.3) is 0 Å². The lowest BCUT2D eigenvalue weighted by Gasteiger charge is -2.10. The van der Waals surface area contributed by atoms with Crippen LogP contribution < -0.4 is 10.6 Å². The third-order valence-corrected chi connectivity index (χ3v) is 4.44. The highest BCUT2D eigenvalue weighted by Crippen LogP contribution is 2.23. The molecule has 5 nitrogen and oxygen atoms in total. The van der Waals surface area contributed by atoms with Crippen LogP contribution in [-0.2, 0) is 7.05 Å². The van der Waals surface area contributed by atoms with Gasteiger partial charge in [-0.3, -0.25) is 4.98 Å². The number of rotatable bonds is 2. The van der Waals surface area contributed by atoms with Gasteiger partial charge in [-0.2, -0.15) is 0 Å². The van der Waals surface area contributed by atoms with Crippen LogP contribution in [0.5, 0.6) is 0 Å². The molecule has 0 radical (unpaired) electrons. The maximum absolute atomic E-state index is 12.4. The Hall–Kier alpha value is -3.05. The summed E-state index contributed by atoms with van der Waals surface area (Å²) >= 11 is 0. The van der Waals surface area contributed by atoms with Crippen molar-refractivity contribution >= 4 is 51.6 Å².